The zero-order chi connectivity index (χ0) is 13.8. The second-order valence-corrected chi connectivity index (χ2v) is 4.91. The van der Waals surface area contributed by atoms with Crippen molar-refractivity contribution in [3.63, 3.8) is 0 Å². The van der Waals surface area contributed by atoms with Gasteiger partial charge in [-0.2, -0.15) is 5.10 Å². The van der Waals surface area contributed by atoms with Crippen molar-refractivity contribution in [3.8, 4) is 0 Å². The van der Waals surface area contributed by atoms with E-state index in [0.717, 1.165) is 32.7 Å². The molecular formula is C14H17N5O. The van der Waals surface area contributed by atoms with Gasteiger partial charge in [0.2, 0.25) is 0 Å². The van der Waals surface area contributed by atoms with E-state index in [2.05, 4.69) is 20.1 Å². The number of carbonyl (C=O) groups is 1. The molecule has 0 aliphatic carbocycles. The fraction of sp³-hybridized carbons (Fsp3) is 0.357. The van der Waals surface area contributed by atoms with E-state index in [-0.39, 0.29) is 5.91 Å². The molecule has 1 fully saturated rings. The maximum Gasteiger partial charge on any atom is 0.257 e. The third-order valence-corrected chi connectivity index (χ3v) is 3.56. The highest BCUT2D eigenvalue weighted by atomic mass is 16.2. The van der Waals surface area contributed by atoms with Gasteiger partial charge in [0.15, 0.2) is 0 Å². The van der Waals surface area contributed by atoms with Crippen LogP contribution in [0.15, 0.2) is 36.9 Å². The van der Waals surface area contributed by atoms with Gasteiger partial charge >= 0.3 is 0 Å². The van der Waals surface area contributed by atoms with Crippen molar-refractivity contribution in [2.45, 2.75) is 6.54 Å². The normalized spacial score (nSPS) is 16.3. The second kappa shape index (κ2) is 5.83. The van der Waals surface area contributed by atoms with Crippen LogP contribution in [0.1, 0.15) is 15.9 Å². The minimum atomic E-state index is 0.0577. The number of carbonyl (C=O) groups excluding carboxylic acids is 1. The molecule has 1 aliphatic rings. The molecule has 1 N–H and O–H groups in total. The van der Waals surface area contributed by atoms with Crippen molar-refractivity contribution in [2.75, 3.05) is 26.2 Å². The van der Waals surface area contributed by atoms with Crippen molar-refractivity contribution in [1.82, 2.24) is 25.0 Å². The summed E-state index contributed by atoms with van der Waals surface area (Å²) in [5.74, 6) is 0.0577. The largest absolute Gasteiger partial charge is 0.336 e. The summed E-state index contributed by atoms with van der Waals surface area (Å²) >= 11 is 0. The van der Waals surface area contributed by atoms with Crippen LogP contribution in [-0.2, 0) is 6.54 Å². The molecule has 1 saturated heterocycles. The summed E-state index contributed by atoms with van der Waals surface area (Å²) in [4.78, 5) is 20.4. The van der Waals surface area contributed by atoms with Gasteiger partial charge in [-0.15, -0.1) is 0 Å². The van der Waals surface area contributed by atoms with E-state index >= 15 is 0 Å². The van der Waals surface area contributed by atoms with E-state index in [1.54, 1.807) is 12.4 Å². The average Bonchev–Trinajstić information content (AvgIpc) is 3.03. The predicted octanol–water partition coefficient (Wildman–Crippen LogP) is 0.763. The molecule has 2 aromatic rings. The molecule has 3 rings (SSSR count). The quantitative estimate of drug-likeness (QED) is 0.895. The van der Waals surface area contributed by atoms with Crippen LogP contribution in [0.2, 0.25) is 0 Å². The number of hydrogen-bond acceptors (Lipinski definition) is 4. The molecule has 0 aromatic carbocycles. The SMILES string of the molecule is O=C(c1cn[nH]c1)N1CCN(Cc2ccncc2)CC1. The van der Waals surface area contributed by atoms with Crippen LogP contribution in [0.25, 0.3) is 0 Å². The number of pyridine rings is 1. The minimum Gasteiger partial charge on any atom is -0.336 e. The molecule has 0 saturated carbocycles. The third-order valence-electron chi connectivity index (χ3n) is 3.56. The Morgan fingerprint density at radius 3 is 2.60 bits per heavy atom. The monoisotopic (exact) mass is 271 g/mol. The van der Waals surface area contributed by atoms with E-state index < -0.39 is 0 Å². The van der Waals surface area contributed by atoms with E-state index in [9.17, 15) is 4.79 Å². The highest BCUT2D eigenvalue weighted by molar-refractivity contribution is 5.93. The van der Waals surface area contributed by atoms with Crippen LogP contribution in [0.5, 0.6) is 0 Å². The Hall–Kier alpha value is -2.21. The maximum atomic E-state index is 12.2. The molecule has 6 heteroatoms. The summed E-state index contributed by atoms with van der Waals surface area (Å²) in [6.07, 6.45) is 6.85. The molecule has 20 heavy (non-hydrogen) atoms. The van der Waals surface area contributed by atoms with Gasteiger partial charge in [-0.25, -0.2) is 0 Å². The van der Waals surface area contributed by atoms with Crippen LogP contribution in [0, 0.1) is 0 Å². The van der Waals surface area contributed by atoms with E-state index in [4.69, 9.17) is 0 Å². The molecule has 1 amide bonds. The fourth-order valence-corrected chi connectivity index (χ4v) is 2.41. The van der Waals surface area contributed by atoms with Crippen molar-refractivity contribution in [1.29, 1.82) is 0 Å². The minimum absolute atomic E-state index is 0.0577. The molecule has 3 heterocycles. The highest BCUT2D eigenvalue weighted by Crippen LogP contribution is 2.10. The summed E-state index contributed by atoms with van der Waals surface area (Å²) in [5, 5.41) is 6.50. The van der Waals surface area contributed by atoms with Crippen LogP contribution >= 0.6 is 0 Å². The highest BCUT2D eigenvalue weighted by Gasteiger charge is 2.22. The molecular weight excluding hydrogens is 254 g/mol. The molecule has 0 radical (unpaired) electrons. The number of nitrogens with one attached hydrogen (secondary N) is 1. The summed E-state index contributed by atoms with van der Waals surface area (Å²) in [7, 11) is 0. The fourth-order valence-electron chi connectivity index (χ4n) is 2.41. The summed E-state index contributed by atoms with van der Waals surface area (Å²) in [5.41, 5.74) is 1.89. The molecule has 0 unspecified atom stereocenters. The van der Waals surface area contributed by atoms with Gasteiger partial charge < -0.3 is 4.90 Å². The number of rotatable bonds is 3. The van der Waals surface area contributed by atoms with Crippen LogP contribution in [0.4, 0.5) is 0 Å². The topological polar surface area (TPSA) is 65.1 Å². The van der Waals surface area contributed by atoms with Crippen LogP contribution < -0.4 is 0 Å². The lowest BCUT2D eigenvalue weighted by Crippen LogP contribution is -2.48. The first-order valence-electron chi connectivity index (χ1n) is 6.72. The van der Waals surface area contributed by atoms with Gasteiger partial charge in [-0.1, -0.05) is 0 Å². The smallest absolute Gasteiger partial charge is 0.257 e. The Labute approximate surface area is 117 Å². The maximum absolute atomic E-state index is 12.2. The number of piperazine rings is 1. The Bertz CT molecular complexity index is 546. The molecule has 104 valence electrons. The van der Waals surface area contributed by atoms with E-state index in [1.807, 2.05) is 29.4 Å². The lowest BCUT2D eigenvalue weighted by atomic mass is 10.2. The molecule has 1 aliphatic heterocycles. The molecule has 0 bridgehead atoms. The van der Waals surface area contributed by atoms with Crippen molar-refractivity contribution < 1.29 is 4.79 Å². The van der Waals surface area contributed by atoms with Crippen molar-refractivity contribution >= 4 is 5.91 Å². The molecule has 2 aromatic heterocycles. The zero-order valence-electron chi connectivity index (χ0n) is 11.2. The summed E-state index contributed by atoms with van der Waals surface area (Å²) in [6, 6.07) is 4.06. The third kappa shape index (κ3) is 2.85. The number of H-pyrrole nitrogens is 1. The predicted molar refractivity (Wildman–Crippen MR) is 74.0 cm³/mol. The van der Waals surface area contributed by atoms with Gasteiger partial charge in [0, 0.05) is 51.3 Å². The Morgan fingerprint density at radius 1 is 1.20 bits per heavy atom. The van der Waals surface area contributed by atoms with Gasteiger partial charge in [0.05, 0.1) is 11.8 Å². The second-order valence-electron chi connectivity index (χ2n) is 4.91. The molecule has 0 spiro atoms. The molecule has 0 atom stereocenters. The Balaban J connectivity index is 1.53. The number of aromatic amines is 1. The number of amides is 1. The van der Waals surface area contributed by atoms with Crippen LogP contribution in [-0.4, -0.2) is 57.1 Å². The summed E-state index contributed by atoms with van der Waals surface area (Å²) < 4.78 is 0. The number of aromatic nitrogens is 3. The standard InChI is InChI=1S/C14H17N5O/c20-14(13-9-16-17-10-13)19-7-5-18(6-8-19)11-12-1-3-15-4-2-12/h1-4,9-10H,5-8,11H2,(H,16,17). The van der Waals surface area contributed by atoms with Crippen LogP contribution in [0.3, 0.4) is 0 Å². The lowest BCUT2D eigenvalue weighted by Gasteiger charge is -2.34. The van der Waals surface area contributed by atoms with E-state index in [0.29, 0.717) is 5.56 Å². The first-order chi connectivity index (χ1) is 9.83. The number of hydrogen-bond donors (Lipinski definition) is 1. The first kappa shape index (κ1) is 12.8. The van der Waals surface area contributed by atoms with Crippen molar-refractivity contribution in [3.05, 3.63) is 48.0 Å². The number of nitrogens with zero attached hydrogens (tertiary/aromatic N) is 4. The lowest BCUT2D eigenvalue weighted by molar-refractivity contribution is 0.0628. The van der Waals surface area contributed by atoms with Crippen molar-refractivity contribution in [2.24, 2.45) is 0 Å². The van der Waals surface area contributed by atoms with Gasteiger partial charge in [-0.05, 0) is 17.7 Å². The van der Waals surface area contributed by atoms with Gasteiger partial charge in [0.25, 0.3) is 5.91 Å². The summed E-state index contributed by atoms with van der Waals surface area (Å²) in [6.45, 7) is 4.22. The average molecular weight is 271 g/mol. The zero-order valence-corrected chi connectivity index (χ0v) is 11.2. The Morgan fingerprint density at radius 2 is 1.95 bits per heavy atom. The van der Waals surface area contributed by atoms with Gasteiger partial charge in [-0.3, -0.25) is 19.8 Å². The first-order valence-corrected chi connectivity index (χ1v) is 6.72. The van der Waals surface area contributed by atoms with E-state index in [1.165, 1.54) is 5.56 Å². The Kier molecular flexibility index (Phi) is 3.73. The molecule has 6 nitrogen and oxygen atoms in total. The van der Waals surface area contributed by atoms with Gasteiger partial charge in [0.1, 0.15) is 0 Å².